The number of nitrogens with one attached hydrogen (secondary N) is 1. The summed E-state index contributed by atoms with van der Waals surface area (Å²) >= 11 is 0. The first-order chi connectivity index (χ1) is 17.9. The number of nitrogens with zero attached hydrogens (tertiary/aromatic N) is 1. The van der Waals surface area contributed by atoms with Crippen LogP contribution in [0.5, 0.6) is 0 Å². The maximum Gasteiger partial charge on any atom is 2.00 e. The van der Waals surface area contributed by atoms with Gasteiger partial charge in [0.15, 0.2) is 0 Å². The molecule has 0 unspecified atom stereocenters. The maximum absolute atomic E-state index is 11.4. The van der Waals surface area contributed by atoms with Crippen molar-refractivity contribution >= 4 is 73.4 Å². The second-order valence-electron chi connectivity index (χ2n) is 8.36. The fourth-order valence-corrected chi connectivity index (χ4v) is 2.84. The van der Waals surface area contributed by atoms with Crippen molar-refractivity contribution in [1.82, 2.24) is 5.32 Å². The van der Waals surface area contributed by atoms with Crippen LogP contribution in [0.25, 0.3) is 0 Å². The smallest absolute Gasteiger partial charge is 0.859 e. The molecular weight excluding hydrogens is 540 g/mol. The van der Waals surface area contributed by atoms with Crippen molar-refractivity contribution in [2.45, 2.75) is 103 Å². The average molecular weight is 581 g/mol. The minimum atomic E-state index is -1.36. The Kier molecular flexibility index (Phi) is 28.6. The van der Waals surface area contributed by atoms with Gasteiger partial charge in [0.2, 0.25) is 5.91 Å². The van der Waals surface area contributed by atoms with Crippen molar-refractivity contribution in [2.75, 3.05) is 0 Å². The first kappa shape index (κ1) is 41.0. The Labute approximate surface area is 259 Å². The van der Waals surface area contributed by atoms with Crippen molar-refractivity contribution < 1.29 is 49.5 Å². The third-order valence-electron chi connectivity index (χ3n) is 4.93. The van der Waals surface area contributed by atoms with Crippen molar-refractivity contribution in [3.8, 4) is 0 Å². The van der Waals surface area contributed by atoms with E-state index in [0.717, 1.165) is 51.4 Å². The number of aliphatic carboxylic acids is 4. The second kappa shape index (κ2) is 27.1. The van der Waals surface area contributed by atoms with Crippen molar-refractivity contribution in [1.29, 1.82) is 0 Å². The Balaban J connectivity index is -0.000000648. The van der Waals surface area contributed by atoms with Crippen LogP contribution in [0, 0.1) is 0 Å². The molecule has 0 aromatic carbocycles. The van der Waals surface area contributed by atoms with Gasteiger partial charge in [0.1, 0.15) is 12.1 Å². The Morgan fingerprint density at radius 3 is 1.77 bits per heavy atom. The third-order valence-corrected chi connectivity index (χ3v) is 4.93. The Morgan fingerprint density at radius 1 is 0.795 bits per heavy atom. The number of carboxylic acid groups (broad SMARTS) is 4. The number of hydrogen-bond donors (Lipinski definition) is 4. The number of allylic oxidation sites excluding steroid dienone is 2. The monoisotopic (exact) mass is 580 g/mol. The molecule has 13 heteroatoms. The quantitative estimate of drug-likeness (QED) is 0.0527. The number of carbonyl (C=O) groups is 5. The van der Waals surface area contributed by atoms with E-state index in [-0.39, 0.29) is 57.0 Å². The van der Waals surface area contributed by atoms with Gasteiger partial charge in [-0.15, -0.1) is 0 Å². The SMILES string of the molecule is CCCCC/C=C/C(=O)N[C@@H](CCC(=O)O)C(=O)O.CCCCC/C=C/C([O-])=N[C@@H](CCC(=O)[O-])C(=O)O.[Ca+2]. The second-order valence-corrected chi connectivity index (χ2v) is 8.36. The van der Waals surface area contributed by atoms with E-state index < -0.39 is 54.2 Å². The molecule has 4 N–H and O–H groups in total. The number of amides is 1. The first-order valence-corrected chi connectivity index (χ1v) is 12.7. The van der Waals surface area contributed by atoms with Gasteiger partial charge < -0.3 is 35.6 Å². The summed E-state index contributed by atoms with van der Waals surface area (Å²) < 4.78 is 0. The minimum Gasteiger partial charge on any atom is -0.859 e. The molecule has 0 radical (unpaired) electrons. The standard InChI is InChI=1S/2C13H21NO5.Ca/c2*1-2-3-4-5-6-7-11(15)14-10(13(18)19)8-9-12(16)17;/h2*6-7,10H,2-5,8-9H2,1H3,(H,14,15)(H,16,17)(H,18,19);/q;;+2/p-2/b2*7-6+;/t2*10-;/m00./s1. The van der Waals surface area contributed by atoms with Gasteiger partial charge in [-0.3, -0.25) is 14.6 Å². The van der Waals surface area contributed by atoms with Gasteiger partial charge in [-0.05, 0) is 56.9 Å². The molecule has 0 saturated carbocycles. The maximum atomic E-state index is 11.4. The zero-order valence-corrected chi connectivity index (χ0v) is 25.0. The molecular formula is C26H40CaN2O10. The zero-order valence-electron chi connectivity index (χ0n) is 22.8. The molecule has 0 aliphatic carbocycles. The molecule has 0 aromatic heterocycles. The van der Waals surface area contributed by atoms with E-state index >= 15 is 0 Å². The topological polar surface area (TPSA) is 217 Å². The van der Waals surface area contributed by atoms with Gasteiger partial charge in [-0.1, -0.05) is 57.8 Å². The number of aliphatic imine (C=N–C) groups is 1. The largest absolute Gasteiger partial charge is 2.00 e. The molecule has 0 aliphatic heterocycles. The summed E-state index contributed by atoms with van der Waals surface area (Å²) in [6.45, 7) is 4.15. The predicted octanol–water partition coefficient (Wildman–Crippen LogP) is 1.04. The summed E-state index contributed by atoms with van der Waals surface area (Å²) in [5.41, 5.74) is 0. The summed E-state index contributed by atoms with van der Waals surface area (Å²) in [7, 11) is 0. The molecule has 0 saturated heterocycles. The molecule has 216 valence electrons. The average Bonchev–Trinajstić information content (AvgIpc) is 2.83. The van der Waals surface area contributed by atoms with E-state index in [1.165, 1.54) is 12.2 Å². The Morgan fingerprint density at radius 2 is 1.33 bits per heavy atom. The number of carbonyl (C=O) groups excluding carboxylic acids is 2. The molecule has 12 nitrogen and oxygen atoms in total. The van der Waals surface area contributed by atoms with Gasteiger partial charge in [0, 0.05) is 12.4 Å². The van der Waals surface area contributed by atoms with Crippen LogP contribution in [0.15, 0.2) is 29.3 Å². The van der Waals surface area contributed by atoms with Crippen molar-refractivity contribution in [2.24, 2.45) is 4.99 Å². The van der Waals surface area contributed by atoms with E-state index in [2.05, 4.69) is 24.2 Å². The minimum absolute atomic E-state index is 0. The van der Waals surface area contributed by atoms with E-state index in [1.807, 2.05) is 0 Å². The number of carboxylic acids is 4. The zero-order chi connectivity index (χ0) is 29.3. The summed E-state index contributed by atoms with van der Waals surface area (Å²) in [4.78, 5) is 57.1. The van der Waals surface area contributed by atoms with Crippen LogP contribution in [0.3, 0.4) is 0 Å². The van der Waals surface area contributed by atoms with Gasteiger partial charge >= 0.3 is 55.6 Å². The molecule has 1 amide bonds. The molecule has 0 spiro atoms. The fraction of sp³-hybridized carbons (Fsp3) is 0.615. The van der Waals surface area contributed by atoms with Crippen LogP contribution < -0.4 is 15.5 Å². The normalized spacial score (nSPS) is 12.6. The molecule has 0 fully saturated rings. The fourth-order valence-electron chi connectivity index (χ4n) is 2.84. The van der Waals surface area contributed by atoms with E-state index in [4.69, 9.17) is 15.3 Å². The summed E-state index contributed by atoms with van der Waals surface area (Å²) in [6.07, 6.45) is 12.6. The van der Waals surface area contributed by atoms with Crippen LogP contribution in [0.2, 0.25) is 0 Å². The van der Waals surface area contributed by atoms with Gasteiger partial charge in [-0.2, -0.15) is 0 Å². The van der Waals surface area contributed by atoms with Gasteiger partial charge in [0.25, 0.3) is 0 Å². The van der Waals surface area contributed by atoms with Crippen LogP contribution in [0.1, 0.15) is 90.9 Å². The Bertz CT molecular complexity index is 828. The third kappa shape index (κ3) is 28.4. The van der Waals surface area contributed by atoms with Crippen molar-refractivity contribution in [3.05, 3.63) is 24.3 Å². The van der Waals surface area contributed by atoms with Gasteiger partial charge in [0.05, 0.1) is 0 Å². The molecule has 39 heavy (non-hydrogen) atoms. The van der Waals surface area contributed by atoms with Crippen LogP contribution in [-0.2, 0) is 24.0 Å². The van der Waals surface area contributed by atoms with E-state index in [9.17, 15) is 34.2 Å². The predicted molar refractivity (Wildman–Crippen MR) is 142 cm³/mol. The van der Waals surface area contributed by atoms with Crippen LogP contribution in [0.4, 0.5) is 0 Å². The van der Waals surface area contributed by atoms with Gasteiger partial charge in [-0.25, -0.2) is 9.59 Å². The molecule has 2 atom stereocenters. The number of unbranched alkanes of at least 4 members (excludes halogenated alkanes) is 6. The van der Waals surface area contributed by atoms with E-state index in [0.29, 0.717) is 0 Å². The molecule has 0 rings (SSSR count). The Hall–Kier alpha value is -2.44. The summed E-state index contributed by atoms with van der Waals surface area (Å²) in [6, 6.07) is -2.49. The molecule has 0 heterocycles. The number of hydrogen-bond acceptors (Lipinski definition) is 8. The van der Waals surface area contributed by atoms with Crippen LogP contribution >= 0.6 is 0 Å². The van der Waals surface area contributed by atoms with Crippen molar-refractivity contribution in [3.63, 3.8) is 0 Å². The summed E-state index contributed by atoms with van der Waals surface area (Å²) in [5, 5.41) is 50.0. The summed E-state index contributed by atoms with van der Waals surface area (Å²) in [5.74, 6) is -6.14. The van der Waals surface area contributed by atoms with Crippen LogP contribution in [-0.4, -0.2) is 101 Å². The van der Waals surface area contributed by atoms with E-state index in [1.54, 1.807) is 12.2 Å². The molecule has 0 aliphatic rings. The molecule has 0 aromatic rings. The first-order valence-electron chi connectivity index (χ1n) is 12.7. The number of rotatable bonds is 20. The molecule has 0 bridgehead atoms.